The molecule has 0 radical (unpaired) electrons. The molecule has 2 aromatic carbocycles. The highest BCUT2D eigenvalue weighted by atomic mass is 19.4. The number of nitrogens with zero attached hydrogens (tertiary/aromatic N) is 1. The van der Waals surface area contributed by atoms with Gasteiger partial charge < -0.3 is 14.9 Å². The van der Waals surface area contributed by atoms with E-state index in [2.05, 4.69) is 10.5 Å². The highest BCUT2D eigenvalue weighted by molar-refractivity contribution is 6.46. The smallest absolute Gasteiger partial charge is 0.416 e. The third kappa shape index (κ3) is 5.81. The van der Waals surface area contributed by atoms with Crippen LogP contribution in [0, 0.1) is 5.41 Å². The lowest BCUT2D eigenvalue weighted by molar-refractivity contribution is -0.137. The lowest BCUT2D eigenvalue weighted by atomic mass is 10.0. The Hall–Kier alpha value is -3.36. The fraction of sp³-hybridized carbons (Fsp3) is 0.250. The fourth-order valence-electron chi connectivity index (χ4n) is 2.56. The first-order valence-electron chi connectivity index (χ1n) is 8.58. The van der Waals surface area contributed by atoms with Crippen LogP contribution < -0.4 is 5.32 Å². The molecule has 154 valence electrons. The van der Waals surface area contributed by atoms with Gasteiger partial charge in [-0.1, -0.05) is 41.6 Å². The van der Waals surface area contributed by atoms with Gasteiger partial charge in [0.2, 0.25) is 5.90 Å². The minimum atomic E-state index is -4.42. The molecule has 2 aromatic rings. The molecule has 0 aromatic heterocycles. The van der Waals surface area contributed by atoms with Crippen LogP contribution in [0.2, 0.25) is 0 Å². The number of oxime groups is 1. The Morgan fingerprint density at radius 1 is 1.14 bits per heavy atom. The van der Waals surface area contributed by atoms with Crippen LogP contribution in [0.1, 0.15) is 22.3 Å². The van der Waals surface area contributed by atoms with Crippen LogP contribution >= 0.6 is 0 Å². The summed E-state index contributed by atoms with van der Waals surface area (Å²) in [5, 5.41) is 14.3. The predicted octanol–water partition coefficient (Wildman–Crippen LogP) is 3.39. The van der Waals surface area contributed by atoms with E-state index in [0.29, 0.717) is 16.7 Å². The molecule has 2 N–H and O–H groups in total. The molecule has 1 amide bonds. The Bertz CT molecular complexity index is 911. The predicted molar refractivity (Wildman–Crippen MR) is 102 cm³/mol. The van der Waals surface area contributed by atoms with Crippen molar-refractivity contribution in [1.82, 2.24) is 5.32 Å². The van der Waals surface area contributed by atoms with Crippen LogP contribution in [-0.4, -0.2) is 38.3 Å². The molecular formula is C20H20F3N3O3. The largest absolute Gasteiger partial charge is 0.477 e. The Morgan fingerprint density at radius 3 is 2.45 bits per heavy atom. The monoisotopic (exact) mass is 407 g/mol. The maximum Gasteiger partial charge on any atom is 0.416 e. The minimum absolute atomic E-state index is 0.00872. The highest BCUT2D eigenvalue weighted by Gasteiger charge is 2.30. The number of hydrogen-bond acceptors (Lipinski definition) is 5. The third-order valence-electron chi connectivity index (χ3n) is 3.94. The number of carbonyl (C=O) groups is 1. The summed E-state index contributed by atoms with van der Waals surface area (Å²) >= 11 is 0. The Kier molecular flexibility index (Phi) is 7.35. The molecule has 0 fully saturated rings. The lowest BCUT2D eigenvalue weighted by Crippen LogP contribution is -2.30. The first kappa shape index (κ1) is 21.9. The van der Waals surface area contributed by atoms with E-state index in [4.69, 9.17) is 15.0 Å². The van der Waals surface area contributed by atoms with E-state index in [9.17, 15) is 18.0 Å². The number of ether oxygens (including phenoxy) is 1. The van der Waals surface area contributed by atoms with E-state index in [1.807, 2.05) is 0 Å². The van der Waals surface area contributed by atoms with Gasteiger partial charge in [0.25, 0.3) is 5.91 Å². The molecular weight excluding hydrogens is 387 g/mol. The average Bonchev–Trinajstić information content (AvgIpc) is 2.71. The van der Waals surface area contributed by atoms with Crippen molar-refractivity contribution in [2.45, 2.75) is 12.6 Å². The zero-order valence-electron chi connectivity index (χ0n) is 15.8. The number of hydrogen-bond donors (Lipinski definition) is 2. The van der Waals surface area contributed by atoms with Crippen LogP contribution in [0.4, 0.5) is 13.2 Å². The molecule has 0 heterocycles. The molecule has 0 saturated carbocycles. The number of halogens is 3. The van der Waals surface area contributed by atoms with Crippen molar-refractivity contribution < 1.29 is 27.5 Å². The normalized spacial score (nSPS) is 11.7. The maximum atomic E-state index is 12.8. The van der Waals surface area contributed by atoms with E-state index in [0.717, 1.165) is 12.1 Å². The van der Waals surface area contributed by atoms with E-state index in [1.165, 1.54) is 20.2 Å². The average molecular weight is 407 g/mol. The van der Waals surface area contributed by atoms with E-state index in [1.54, 1.807) is 30.3 Å². The summed E-state index contributed by atoms with van der Waals surface area (Å²) in [5.74, 6) is -0.739. The van der Waals surface area contributed by atoms with Gasteiger partial charge in [-0.25, -0.2) is 0 Å². The van der Waals surface area contributed by atoms with Crippen LogP contribution in [0.5, 0.6) is 0 Å². The van der Waals surface area contributed by atoms with Gasteiger partial charge in [-0.2, -0.15) is 13.2 Å². The SMILES string of the molecule is CNC(=O)C(=NOC)c1ccccc1C(=N)OCCc1cccc(C(F)(F)F)c1. The summed E-state index contributed by atoms with van der Waals surface area (Å²) in [7, 11) is 2.73. The zero-order chi connectivity index (χ0) is 21.4. The summed E-state index contributed by atoms with van der Waals surface area (Å²) in [6.45, 7) is -0.00872. The zero-order valence-corrected chi connectivity index (χ0v) is 15.8. The van der Waals surface area contributed by atoms with Gasteiger partial charge in [0, 0.05) is 24.6 Å². The fourth-order valence-corrected chi connectivity index (χ4v) is 2.56. The molecule has 6 nitrogen and oxygen atoms in total. The van der Waals surface area contributed by atoms with Crippen molar-refractivity contribution >= 4 is 17.5 Å². The number of carbonyl (C=O) groups excluding carboxylic acids is 1. The number of likely N-dealkylation sites (N-methyl/N-ethyl adjacent to an activating group) is 1. The van der Waals surface area contributed by atoms with Crippen LogP contribution in [0.25, 0.3) is 0 Å². The summed E-state index contributed by atoms with van der Waals surface area (Å²) in [6.07, 6.45) is -4.23. The van der Waals surface area contributed by atoms with Gasteiger partial charge >= 0.3 is 6.18 Å². The maximum absolute atomic E-state index is 12.8. The molecule has 0 aliphatic heterocycles. The van der Waals surface area contributed by atoms with Crippen molar-refractivity contribution in [3.8, 4) is 0 Å². The van der Waals surface area contributed by atoms with Crippen LogP contribution in [0.3, 0.4) is 0 Å². The summed E-state index contributed by atoms with van der Waals surface area (Å²) in [4.78, 5) is 16.8. The first-order valence-corrected chi connectivity index (χ1v) is 8.58. The molecule has 9 heteroatoms. The van der Waals surface area contributed by atoms with Gasteiger partial charge in [-0.05, 0) is 17.7 Å². The highest BCUT2D eigenvalue weighted by Crippen LogP contribution is 2.29. The third-order valence-corrected chi connectivity index (χ3v) is 3.94. The second-order valence-corrected chi connectivity index (χ2v) is 5.87. The summed E-state index contributed by atoms with van der Waals surface area (Å²) < 4.78 is 43.8. The second kappa shape index (κ2) is 9.72. The molecule has 0 bridgehead atoms. The lowest BCUT2D eigenvalue weighted by Gasteiger charge is -2.13. The van der Waals surface area contributed by atoms with E-state index in [-0.39, 0.29) is 24.6 Å². The van der Waals surface area contributed by atoms with Crippen molar-refractivity contribution in [3.05, 3.63) is 70.8 Å². The van der Waals surface area contributed by atoms with Crippen molar-refractivity contribution in [2.75, 3.05) is 20.8 Å². The molecule has 0 aliphatic carbocycles. The van der Waals surface area contributed by atoms with Gasteiger partial charge in [-0.3, -0.25) is 10.2 Å². The van der Waals surface area contributed by atoms with E-state index < -0.39 is 17.6 Å². The number of alkyl halides is 3. The molecule has 0 saturated heterocycles. The molecule has 0 unspecified atom stereocenters. The van der Waals surface area contributed by atoms with Crippen LogP contribution in [-0.2, 0) is 27.0 Å². The van der Waals surface area contributed by atoms with Gasteiger partial charge in [0.1, 0.15) is 7.11 Å². The number of rotatable bonds is 7. The number of nitrogens with one attached hydrogen (secondary N) is 2. The summed E-state index contributed by atoms with van der Waals surface area (Å²) in [6, 6.07) is 11.4. The van der Waals surface area contributed by atoms with Gasteiger partial charge in [-0.15, -0.1) is 0 Å². The molecule has 0 atom stereocenters. The molecule has 2 rings (SSSR count). The number of benzene rings is 2. The first-order chi connectivity index (χ1) is 13.8. The molecule has 29 heavy (non-hydrogen) atoms. The quantitative estimate of drug-likeness (QED) is 0.419. The van der Waals surface area contributed by atoms with Crippen molar-refractivity contribution in [1.29, 1.82) is 5.41 Å². The topological polar surface area (TPSA) is 83.8 Å². The molecule has 0 spiro atoms. The standard InChI is InChI=1S/C20H20F3N3O3/c1-25-19(27)17(26-28-2)15-8-3-4-9-16(15)18(24)29-11-10-13-6-5-7-14(12-13)20(21,22)23/h3-9,12,24H,10-11H2,1-2H3,(H,25,27). The summed E-state index contributed by atoms with van der Waals surface area (Å²) in [5.41, 5.74) is 0.305. The van der Waals surface area contributed by atoms with Crippen molar-refractivity contribution in [2.24, 2.45) is 5.16 Å². The minimum Gasteiger partial charge on any atom is -0.477 e. The number of amides is 1. The Morgan fingerprint density at radius 2 is 1.83 bits per heavy atom. The Balaban J connectivity index is 2.13. The van der Waals surface area contributed by atoms with E-state index >= 15 is 0 Å². The van der Waals surface area contributed by atoms with Gasteiger partial charge in [0.05, 0.1) is 12.2 Å². The second-order valence-electron chi connectivity index (χ2n) is 5.87. The van der Waals surface area contributed by atoms with Crippen molar-refractivity contribution in [3.63, 3.8) is 0 Å². The Labute approximate surface area is 165 Å². The van der Waals surface area contributed by atoms with Crippen LogP contribution in [0.15, 0.2) is 53.7 Å². The van der Waals surface area contributed by atoms with Gasteiger partial charge in [0.15, 0.2) is 5.71 Å². The molecule has 0 aliphatic rings.